The van der Waals surface area contributed by atoms with E-state index in [1.54, 1.807) is 0 Å². The summed E-state index contributed by atoms with van der Waals surface area (Å²) in [5.41, 5.74) is 0. The van der Waals surface area contributed by atoms with E-state index in [4.69, 9.17) is 9.90 Å². The number of hydrogen-bond acceptors (Lipinski definition) is 2. The molecule has 0 aliphatic carbocycles. The molecule has 0 aromatic carbocycles. The molecular formula is C2H5O3Rb. The maximum absolute atomic E-state index is 8.89. The second kappa shape index (κ2) is 9.53. The van der Waals surface area contributed by atoms with Crippen LogP contribution in [0, 0.1) is 0 Å². The number of carboxylic acid groups (broad SMARTS) is 1. The van der Waals surface area contributed by atoms with Gasteiger partial charge in [0, 0.05) is 5.97 Å². The normalized spacial score (nSPS) is 4.17. The summed E-state index contributed by atoms with van der Waals surface area (Å²) in [5.74, 6) is -1.08. The van der Waals surface area contributed by atoms with E-state index in [2.05, 4.69) is 0 Å². The van der Waals surface area contributed by atoms with Gasteiger partial charge in [-0.2, -0.15) is 0 Å². The van der Waals surface area contributed by atoms with Crippen LogP contribution in [0.25, 0.3) is 0 Å². The van der Waals surface area contributed by atoms with Crippen molar-refractivity contribution in [1.82, 2.24) is 0 Å². The van der Waals surface area contributed by atoms with Gasteiger partial charge in [-0.05, 0) is 6.92 Å². The molecule has 0 aromatic heterocycles. The predicted molar refractivity (Wildman–Crippen MR) is 14.3 cm³/mol. The molecule has 0 saturated carbocycles. The Labute approximate surface area is 84.8 Å². The van der Waals surface area contributed by atoms with Gasteiger partial charge < -0.3 is 15.4 Å². The van der Waals surface area contributed by atoms with Gasteiger partial charge in [-0.15, -0.1) is 0 Å². The van der Waals surface area contributed by atoms with Crippen molar-refractivity contribution in [3.63, 3.8) is 0 Å². The first-order valence-electron chi connectivity index (χ1n) is 0.908. The third-order valence-corrected chi connectivity index (χ3v) is 0. The second-order valence-electron chi connectivity index (χ2n) is 0.492. The standard InChI is InChI=1S/C2H4O2.H2O.Rb/c1-2(3)4;;/h1H3,(H,3,4);1H2;/q;;+1/p-1. The monoisotopic (exact) mass is 162 g/mol. The first kappa shape index (κ1) is 15.7. The van der Waals surface area contributed by atoms with Crippen LogP contribution in [-0.4, -0.2) is 11.4 Å². The summed E-state index contributed by atoms with van der Waals surface area (Å²) in [6.45, 7) is 0.972. The zero-order valence-corrected chi connectivity index (χ0v) is 8.73. The average Bonchev–Trinajstić information content (AvgIpc) is 0.811. The molecule has 0 bridgehead atoms. The van der Waals surface area contributed by atoms with Crippen LogP contribution in [0.2, 0.25) is 0 Å². The molecule has 0 fully saturated rings. The summed E-state index contributed by atoms with van der Waals surface area (Å²) >= 11 is 0. The number of rotatable bonds is 0. The molecule has 0 spiro atoms. The molecule has 3 nitrogen and oxygen atoms in total. The first-order chi connectivity index (χ1) is 1.73. The van der Waals surface area contributed by atoms with E-state index in [0.717, 1.165) is 6.92 Å². The average molecular weight is 163 g/mol. The topological polar surface area (TPSA) is 71.6 Å². The Morgan fingerprint density at radius 3 is 1.67 bits per heavy atom. The van der Waals surface area contributed by atoms with Crippen molar-refractivity contribution in [2.75, 3.05) is 0 Å². The predicted octanol–water partition coefficient (Wildman–Crippen LogP) is -5.06. The Bertz CT molecular complexity index is 31.8. The van der Waals surface area contributed by atoms with Crippen LogP contribution in [0.15, 0.2) is 0 Å². The van der Waals surface area contributed by atoms with Crippen LogP contribution in [0.5, 0.6) is 0 Å². The summed E-state index contributed by atoms with van der Waals surface area (Å²) < 4.78 is 0. The molecule has 6 heavy (non-hydrogen) atoms. The van der Waals surface area contributed by atoms with Gasteiger partial charge in [-0.3, -0.25) is 0 Å². The van der Waals surface area contributed by atoms with Gasteiger partial charge in [0.1, 0.15) is 0 Å². The van der Waals surface area contributed by atoms with E-state index in [1.165, 1.54) is 0 Å². The molecule has 0 saturated heterocycles. The van der Waals surface area contributed by atoms with Crippen molar-refractivity contribution in [1.29, 1.82) is 0 Å². The van der Waals surface area contributed by atoms with Gasteiger partial charge in [0.05, 0.1) is 0 Å². The molecule has 0 amide bonds. The fraction of sp³-hybridized carbons (Fsp3) is 0.500. The summed E-state index contributed by atoms with van der Waals surface area (Å²) in [6, 6.07) is 0. The van der Waals surface area contributed by atoms with Gasteiger partial charge in [0.15, 0.2) is 0 Å². The number of carboxylic acids is 1. The number of carbonyl (C=O) groups is 1. The first-order valence-corrected chi connectivity index (χ1v) is 0.908. The van der Waals surface area contributed by atoms with Crippen molar-refractivity contribution in [2.45, 2.75) is 6.92 Å². The third-order valence-electron chi connectivity index (χ3n) is 0. The minimum Gasteiger partial charge on any atom is -0.550 e. The molecule has 0 rings (SSSR count). The van der Waals surface area contributed by atoms with E-state index in [0.29, 0.717) is 0 Å². The second-order valence-corrected chi connectivity index (χ2v) is 0.492. The molecule has 0 aromatic rings. The molecule has 32 valence electrons. The van der Waals surface area contributed by atoms with Gasteiger partial charge in [-0.25, -0.2) is 0 Å². The maximum Gasteiger partial charge on any atom is 1.00 e. The fourth-order valence-electron chi connectivity index (χ4n) is 0. The molecule has 2 N–H and O–H groups in total. The Hall–Kier alpha value is 1.24. The van der Waals surface area contributed by atoms with Crippen LogP contribution in [0.1, 0.15) is 6.92 Å². The van der Waals surface area contributed by atoms with Gasteiger partial charge in [-0.1, -0.05) is 0 Å². The van der Waals surface area contributed by atoms with E-state index < -0.39 is 5.97 Å². The number of aliphatic carboxylic acids is 1. The Kier molecular flexibility index (Phi) is 24.9. The van der Waals surface area contributed by atoms with E-state index in [1.807, 2.05) is 0 Å². The zero-order chi connectivity index (χ0) is 3.58. The van der Waals surface area contributed by atoms with Crippen LogP contribution < -0.4 is 63.3 Å². The largest absolute Gasteiger partial charge is 1.00 e. The van der Waals surface area contributed by atoms with Crippen molar-refractivity contribution < 1.29 is 73.6 Å². The summed E-state index contributed by atoms with van der Waals surface area (Å²) in [6.07, 6.45) is 0. The van der Waals surface area contributed by atoms with Gasteiger partial charge in [0.25, 0.3) is 0 Å². The molecule has 4 heteroatoms. The molecule has 0 atom stereocenters. The van der Waals surface area contributed by atoms with Crippen LogP contribution >= 0.6 is 0 Å². The van der Waals surface area contributed by atoms with Gasteiger partial charge >= 0.3 is 58.2 Å². The van der Waals surface area contributed by atoms with Crippen molar-refractivity contribution in [3.05, 3.63) is 0 Å². The summed E-state index contributed by atoms with van der Waals surface area (Å²) in [4.78, 5) is 8.89. The molecule has 0 radical (unpaired) electrons. The minimum absolute atomic E-state index is 0. The smallest absolute Gasteiger partial charge is 0.550 e. The van der Waals surface area contributed by atoms with Crippen LogP contribution in [0.4, 0.5) is 0 Å². The molecule has 0 heterocycles. The van der Waals surface area contributed by atoms with Gasteiger partial charge in [0.2, 0.25) is 0 Å². The molecule has 0 aliphatic heterocycles. The Balaban J connectivity index is -0.0000000450. The van der Waals surface area contributed by atoms with Crippen LogP contribution in [0.3, 0.4) is 0 Å². The summed E-state index contributed by atoms with van der Waals surface area (Å²) in [7, 11) is 0. The molecular weight excluding hydrogens is 157 g/mol. The Morgan fingerprint density at radius 1 is 1.67 bits per heavy atom. The Morgan fingerprint density at radius 2 is 1.67 bits per heavy atom. The van der Waals surface area contributed by atoms with Crippen molar-refractivity contribution in [2.24, 2.45) is 0 Å². The minimum atomic E-state index is -1.08. The van der Waals surface area contributed by atoms with E-state index in [-0.39, 0.29) is 63.7 Å². The third kappa shape index (κ3) is 61.5. The summed E-state index contributed by atoms with van der Waals surface area (Å²) in [5, 5.41) is 8.89. The number of hydrogen-bond donors (Lipinski definition) is 0. The van der Waals surface area contributed by atoms with Crippen molar-refractivity contribution >= 4 is 5.97 Å². The quantitative estimate of drug-likeness (QED) is 0.358. The molecule has 0 unspecified atom stereocenters. The maximum atomic E-state index is 8.89. The SMILES string of the molecule is CC(=O)[O-].O.[Rb+]. The van der Waals surface area contributed by atoms with E-state index >= 15 is 0 Å². The fourth-order valence-corrected chi connectivity index (χ4v) is 0. The number of carbonyl (C=O) groups excluding carboxylic acids is 1. The van der Waals surface area contributed by atoms with E-state index in [9.17, 15) is 0 Å². The zero-order valence-electron chi connectivity index (χ0n) is 3.82. The van der Waals surface area contributed by atoms with Crippen molar-refractivity contribution in [3.8, 4) is 0 Å². The molecule has 0 aliphatic rings. The van der Waals surface area contributed by atoms with Crippen LogP contribution in [-0.2, 0) is 4.79 Å².